The standard InChI is InChI=1S/C20H31ClN4O3S.HI/c1-5-22-19(23-10-13-29(27,28)20(2,3)4)25-12-11-24(18(26)15-25)14-16-6-8-17(21)9-7-16;/h6-9H,5,10-15H2,1-4H3,(H,22,23);1H. The summed E-state index contributed by atoms with van der Waals surface area (Å²) in [7, 11) is -3.23. The second-order valence-corrected chi connectivity index (χ2v) is 11.3. The van der Waals surface area contributed by atoms with Crippen LogP contribution in [0.25, 0.3) is 0 Å². The summed E-state index contributed by atoms with van der Waals surface area (Å²) in [5, 5.41) is 3.84. The van der Waals surface area contributed by atoms with Gasteiger partial charge in [0.2, 0.25) is 5.91 Å². The molecule has 0 spiro atoms. The highest BCUT2D eigenvalue weighted by Crippen LogP contribution is 2.16. The Balaban J connectivity index is 0.00000450. The number of carbonyl (C=O) groups excluding carboxylic acids is 1. The summed E-state index contributed by atoms with van der Waals surface area (Å²) in [6, 6.07) is 7.48. The summed E-state index contributed by atoms with van der Waals surface area (Å²) >= 11 is 5.92. The van der Waals surface area contributed by atoms with Crippen LogP contribution in [0.5, 0.6) is 0 Å². The number of benzene rings is 1. The average Bonchev–Trinajstić information content (AvgIpc) is 2.63. The molecule has 1 aromatic rings. The predicted octanol–water partition coefficient (Wildman–Crippen LogP) is 2.78. The number of hydrogen-bond acceptors (Lipinski definition) is 4. The van der Waals surface area contributed by atoms with Crippen molar-refractivity contribution in [1.82, 2.24) is 15.1 Å². The maximum atomic E-state index is 12.6. The molecule has 7 nitrogen and oxygen atoms in total. The number of hydrogen-bond donors (Lipinski definition) is 1. The number of guanidine groups is 1. The minimum atomic E-state index is -3.23. The summed E-state index contributed by atoms with van der Waals surface area (Å²) in [5.41, 5.74) is 1.03. The van der Waals surface area contributed by atoms with Crippen molar-refractivity contribution < 1.29 is 13.2 Å². The van der Waals surface area contributed by atoms with Crippen LogP contribution >= 0.6 is 35.6 Å². The summed E-state index contributed by atoms with van der Waals surface area (Å²) < 4.78 is 23.8. The molecule has 1 fully saturated rings. The van der Waals surface area contributed by atoms with Gasteiger partial charge in [0.25, 0.3) is 0 Å². The number of nitrogens with one attached hydrogen (secondary N) is 1. The van der Waals surface area contributed by atoms with E-state index in [1.807, 2.05) is 41.0 Å². The van der Waals surface area contributed by atoms with Crippen molar-refractivity contribution in [3.8, 4) is 0 Å². The largest absolute Gasteiger partial charge is 0.357 e. The molecule has 170 valence electrons. The van der Waals surface area contributed by atoms with E-state index in [2.05, 4.69) is 10.3 Å². The fraction of sp³-hybridized carbons (Fsp3) is 0.600. The molecular weight excluding hydrogens is 539 g/mol. The molecule has 1 aromatic carbocycles. The van der Waals surface area contributed by atoms with E-state index in [0.29, 0.717) is 37.2 Å². The molecule has 1 heterocycles. The third kappa shape index (κ3) is 7.56. The number of nitrogens with zero attached hydrogens (tertiary/aromatic N) is 3. The van der Waals surface area contributed by atoms with Crippen LogP contribution in [-0.2, 0) is 21.2 Å². The molecule has 0 atom stereocenters. The fourth-order valence-corrected chi connectivity index (χ4v) is 3.94. The van der Waals surface area contributed by atoms with Crippen LogP contribution < -0.4 is 5.32 Å². The molecule has 0 unspecified atom stereocenters. The monoisotopic (exact) mass is 570 g/mol. The lowest BCUT2D eigenvalue weighted by molar-refractivity contribution is -0.135. The van der Waals surface area contributed by atoms with E-state index in [4.69, 9.17) is 11.6 Å². The van der Waals surface area contributed by atoms with E-state index in [9.17, 15) is 13.2 Å². The van der Waals surface area contributed by atoms with E-state index in [1.54, 1.807) is 20.8 Å². The average molecular weight is 571 g/mol. The van der Waals surface area contributed by atoms with E-state index < -0.39 is 14.6 Å². The summed E-state index contributed by atoms with van der Waals surface area (Å²) in [6.07, 6.45) is 0. The number of halogens is 2. The highest BCUT2D eigenvalue weighted by atomic mass is 127. The first kappa shape index (κ1) is 27.0. The first-order chi connectivity index (χ1) is 13.5. The molecule has 0 saturated carbocycles. The van der Waals surface area contributed by atoms with Gasteiger partial charge in [0, 0.05) is 31.2 Å². The van der Waals surface area contributed by atoms with Gasteiger partial charge in [-0.3, -0.25) is 9.79 Å². The Morgan fingerprint density at radius 1 is 1.20 bits per heavy atom. The smallest absolute Gasteiger partial charge is 0.242 e. The van der Waals surface area contributed by atoms with E-state index >= 15 is 0 Å². The first-order valence-corrected chi connectivity index (χ1v) is 11.8. The van der Waals surface area contributed by atoms with E-state index in [-0.39, 0.29) is 48.7 Å². The van der Waals surface area contributed by atoms with E-state index in [0.717, 1.165) is 5.56 Å². The van der Waals surface area contributed by atoms with Gasteiger partial charge in [-0.2, -0.15) is 0 Å². The van der Waals surface area contributed by atoms with Crippen LogP contribution in [0.15, 0.2) is 29.3 Å². The van der Waals surface area contributed by atoms with Gasteiger partial charge >= 0.3 is 0 Å². The Kier molecular flexibility index (Phi) is 10.4. The minimum absolute atomic E-state index is 0. The first-order valence-electron chi connectivity index (χ1n) is 9.81. The van der Waals surface area contributed by atoms with Crippen molar-refractivity contribution >= 4 is 57.3 Å². The Hall–Kier alpha value is -1.07. The maximum Gasteiger partial charge on any atom is 0.242 e. The fourth-order valence-electron chi connectivity index (χ4n) is 2.87. The molecule has 1 saturated heterocycles. The second-order valence-electron chi connectivity index (χ2n) is 8.03. The molecule has 0 radical (unpaired) electrons. The topological polar surface area (TPSA) is 82.1 Å². The zero-order chi connectivity index (χ0) is 21.7. The molecule has 1 aliphatic heterocycles. The summed E-state index contributed by atoms with van der Waals surface area (Å²) in [5.74, 6) is 0.575. The Labute approximate surface area is 202 Å². The number of rotatable bonds is 6. The van der Waals surface area contributed by atoms with Crippen LogP contribution in [0.2, 0.25) is 5.02 Å². The molecule has 1 aliphatic rings. The number of sulfone groups is 1. The van der Waals surface area contributed by atoms with Crippen LogP contribution in [0, 0.1) is 0 Å². The molecule has 1 amide bonds. The Bertz CT molecular complexity index is 839. The normalized spacial score (nSPS) is 15.8. The molecule has 30 heavy (non-hydrogen) atoms. The third-order valence-electron chi connectivity index (χ3n) is 4.79. The number of aliphatic imine (C=N–C) groups is 1. The zero-order valence-corrected chi connectivity index (χ0v) is 21.9. The molecule has 0 aromatic heterocycles. The highest BCUT2D eigenvalue weighted by molar-refractivity contribution is 14.0. The van der Waals surface area contributed by atoms with Gasteiger partial charge in [-0.1, -0.05) is 23.7 Å². The summed E-state index contributed by atoms with van der Waals surface area (Å²) in [6.45, 7) is 9.79. The quantitative estimate of drug-likeness (QED) is 0.323. The van der Waals surface area contributed by atoms with Crippen molar-refractivity contribution in [3.05, 3.63) is 34.9 Å². The molecule has 1 N–H and O–H groups in total. The van der Waals surface area contributed by atoms with Crippen molar-refractivity contribution in [2.24, 2.45) is 4.99 Å². The molecule has 0 bridgehead atoms. The Morgan fingerprint density at radius 3 is 2.37 bits per heavy atom. The van der Waals surface area contributed by atoms with Crippen LogP contribution in [0.3, 0.4) is 0 Å². The zero-order valence-electron chi connectivity index (χ0n) is 18.0. The van der Waals surface area contributed by atoms with Gasteiger partial charge in [0.1, 0.15) is 0 Å². The number of carbonyl (C=O) groups is 1. The van der Waals surface area contributed by atoms with Gasteiger partial charge < -0.3 is 15.1 Å². The van der Waals surface area contributed by atoms with Crippen molar-refractivity contribution in [1.29, 1.82) is 0 Å². The van der Waals surface area contributed by atoms with Gasteiger partial charge in [0.05, 0.1) is 23.6 Å². The Morgan fingerprint density at radius 2 is 1.83 bits per heavy atom. The minimum Gasteiger partial charge on any atom is -0.357 e. The maximum absolute atomic E-state index is 12.6. The van der Waals surface area contributed by atoms with Crippen molar-refractivity contribution in [2.75, 3.05) is 38.5 Å². The van der Waals surface area contributed by atoms with Crippen LogP contribution in [-0.4, -0.2) is 73.3 Å². The molecule has 2 rings (SSSR count). The van der Waals surface area contributed by atoms with Crippen LogP contribution in [0.1, 0.15) is 33.3 Å². The molecule has 10 heteroatoms. The van der Waals surface area contributed by atoms with Gasteiger partial charge in [-0.15, -0.1) is 24.0 Å². The predicted molar refractivity (Wildman–Crippen MR) is 133 cm³/mol. The number of amides is 1. The molecule has 0 aliphatic carbocycles. The van der Waals surface area contributed by atoms with Crippen molar-refractivity contribution in [3.63, 3.8) is 0 Å². The van der Waals surface area contributed by atoms with E-state index in [1.165, 1.54) is 0 Å². The van der Waals surface area contributed by atoms with Gasteiger partial charge in [0.15, 0.2) is 15.8 Å². The summed E-state index contributed by atoms with van der Waals surface area (Å²) in [4.78, 5) is 20.8. The van der Waals surface area contributed by atoms with Crippen LogP contribution in [0.4, 0.5) is 0 Å². The van der Waals surface area contributed by atoms with Crippen molar-refractivity contribution in [2.45, 2.75) is 39.0 Å². The number of piperazine rings is 1. The van der Waals surface area contributed by atoms with Gasteiger partial charge in [-0.25, -0.2) is 8.42 Å². The second kappa shape index (κ2) is 11.5. The lowest BCUT2D eigenvalue weighted by Gasteiger charge is -2.36. The highest BCUT2D eigenvalue weighted by Gasteiger charge is 2.29. The lowest BCUT2D eigenvalue weighted by atomic mass is 10.2. The molecular formula is C20H32ClIN4O3S. The SMILES string of the molecule is CCNC(=NCCS(=O)(=O)C(C)(C)C)N1CCN(Cc2ccc(Cl)cc2)C(=O)C1.I. The van der Waals surface area contributed by atoms with Gasteiger partial charge in [-0.05, 0) is 45.4 Å². The third-order valence-corrected chi connectivity index (χ3v) is 7.63. The lowest BCUT2D eigenvalue weighted by Crippen LogP contribution is -2.55.